The van der Waals surface area contributed by atoms with E-state index in [1.54, 1.807) is 37.5 Å². The Bertz CT molecular complexity index is 1130. The summed E-state index contributed by atoms with van der Waals surface area (Å²) in [5.41, 5.74) is 2.16. The highest BCUT2D eigenvalue weighted by Gasteiger charge is 2.17. The van der Waals surface area contributed by atoms with E-state index in [1.807, 2.05) is 12.1 Å². The number of hydrogen-bond acceptors (Lipinski definition) is 6. The van der Waals surface area contributed by atoms with Crippen LogP contribution in [0.1, 0.15) is 5.82 Å². The average Bonchev–Trinajstić information content (AvgIpc) is 3.21. The number of nitrogens with one attached hydrogen (secondary N) is 2. The lowest BCUT2D eigenvalue weighted by molar-refractivity contribution is 0.598. The molecule has 7 nitrogen and oxygen atoms in total. The number of imidazole rings is 1. The first-order chi connectivity index (χ1) is 12.0. The monoisotopic (exact) mass is 371 g/mol. The number of aryl methyl sites for hydroxylation is 1. The van der Waals surface area contributed by atoms with Crippen molar-refractivity contribution in [3.8, 4) is 10.6 Å². The van der Waals surface area contributed by atoms with Crippen molar-refractivity contribution in [3.05, 3.63) is 54.7 Å². The Labute approximate surface area is 147 Å². The van der Waals surface area contributed by atoms with Crippen LogP contribution in [0, 0.1) is 6.92 Å². The fourth-order valence-electron chi connectivity index (χ4n) is 2.36. The molecule has 0 bridgehead atoms. The second-order valence-corrected chi connectivity index (χ2v) is 8.03. The first-order valence-electron chi connectivity index (χ1n) is 7.37. The molecule has 0 aliphatic carbocycles. The van der Waals surface area contributed by atoms with Crippen molar-refractivity contribution < 1.29 is 8.42 Å². The molecule has 25 heavy (non-hydrogen) atoms. The fraction of sp³-hybridized carbons (Fsp3) is 0.0625. The fourth-order valence-corrected chi connectivity index (χ4v) is 4.30. The van der Waals surface area contributed by atoms with Gasteiger partial charge in [-0.3, -0.25) is 9.71 Å². The molecule has 126 valence electrons. The van der Waals surface area contributed by atoms with Gasteiger partial charge in [-0.1, -0.05) is 12.1 Å². The minimum atomic E-state index is -3.74. The summed E-state index contributed by atoms with van der Waals surface area (Å²) in [6, 6.07) is 8.97. The summed E-state index contributed by atoms with van der Waals surface area (Å²) in [6.07, 6.45) is 4.83. The maximum absolute atomic E-state index is 12.4. The first-order valence-corrected chi connectivity index (χ1v) is 9.67. The van der Waals surface area contributed by atoms with Crippen molar-refractivity contribution in [3.63, 3.8) is 0 Å². The SMILES string of the molecule is Cc1nc(S(=O)(=O)Nc2cccc(-c3nc4ccncc4s3)c2)c[nH]1. The Hall–Kier alpha value is -2.78. The molecule has 3 aromatic heterocycles. The second kappa shape index (κ2) is 5.94. The number of aromatic amines is 1. The number of benzene rings is 1. The number of H-pyrrole nitrogens is 1. The highest BCUT2D eigenvalue weighted by Crippen LogP contribution is 2.31. The number of aromatic nitrogens is 4. The van der Waals surface area contributed by atoms with Gasteiger partial charge >= 0.3 is 0 Å². The van der Waals surface area contributed by atoms with Crippen LogP contribution >= 0.6 is 11.3 Å². The lowest BCUT2D eigenvalue weighted by Gasteiger charge is -2.06. The largest absolute Gasteiger partial charge is 0.348 e. The molecule has 3 heterocycles. The number of anilines is 1. The number of thiazole rings is 1. The Morgan fingerprint density at radius 3 is 2.84 bits per heavy atom. The predicted molar refractivity (Wildman–Crippen MR) is 97.0 cm³/mol. The lowest BCUT2D eigenvalue weighted by atomic mass is 10.2. The van der Waals surface area contributed by atoms with E-state index in [0.717, 1.165) is 20.8 Å². The summed E-state index contributed by atoms with van der Waals surface area (Å²) in [7, 11) is -3.74. The molecule has 4 aromatic rings. The van der Waals surface area contributed by atoms with Crippen LogP contribution in [-0.2, 0) is 10.0 Å². The normalized spacial score (nSPS) is 11.7. The van der Waals surface area contributed by atoms with Gasteiger partial charge < -0.3 is 4.98 Å². The smallest absolute Gasteiger partial charge is 0.280 e. The van der Waals surface area contributed by atoms with Crippen molar-refractivity contribution in [1.29, 1.82) is 0 Å². The molecule has 0 atom stereocenters. The summed E-state index contributed by atoms with van der Waals surface area (Å²) in [6.45, 7) is 1.70. The van der Waals surface area contributed by atoms with E-state index >= 15 is 0 Å². The molecule has 2 N–H and O–H groups in total. The quantitative estimate of drug-likeness (QED) is 0.574. The molecule has 9 heteroatoms. The van der Waals surface area contributed by atoms with Crippen LogP contribution in [-0.4, -0.2) is 28.4 Å². The predicted octanol–water partition coefficient (Wildman–Crippen LogP) is 3.19. The van der Waals surface area contributed by atoms with Crippen LogP contribution < -0.4 is 4.72 Å². The minimum absolute atomic E-state index is 0.0403. The second-order valence-electron chi connectivity index (χ2n) is 5.37. The molecule has 0 fully saturated rings. The van der Waals surface area contributed by atoms with Gasteiger partial charge in [-0.2, -0.15) is 8.42 Å². The minimum Gasteiger partial charge on any atom is -0.348 e. The van der Waals surface area contributed by atoms with Gasteiger partial charge in [-0.25, -0.2) is 9.97 Å². The molecular weight excluding hydrogens is 358 g/mol. The third-order valence-electron chi connectivity index (χ3n) is 3.51. The first kappa shape index (κ1) is 15.7. The van der Waals surface area contributed by atoms with Crippen LogP contribution in [0.3, 0.4) is 0 Å². The van der Waals surface area contributed by atoms with E-state index in [9.17, 15) is 8.42 Å². The molecule has 0 saturated carbocycles. The molecule has 0 spiro atoms. The molecule has 1 aromatic carbocycles. The topological polar surface area (TPSA) is 101 Å². The van der Waals surface area contributed by atoms with Gasteiger partial charge in [0.25, 0.3) is 10.0 Å². The highest BCUT2D eigenvalue weighted by molar-refractivity contribution is 7.92. The number of fused-ring (bicyclic) bond motifs is 1. The van der Waals surface area contributed by atoms with E-state index in [0.29, 0.717) is 11.5 Å². The number of hydrogen-bond donors (Lipinski definition) is 2. The number of sulfonamides is 1. The van der Waals surface area contributed by atoms with E-state index in [2.05, 4.69) is 24.7 Å². The van der Waals surface area contributed by atoms with Crippen LogP contribution in [0.2, 0.25) is 0 Å². The third-order valence-corrected chi connectivity index (χ3v) is 5.83. The number of nitrogens with zero attached hydrogens (tertiary/aromatic N) is 3. The molecule has 4 rings (SSSR count). The van der Waals surface area contributed by atoms with Crippen LogP contribution in [0.15, 0.2) is 53.9 Å². The summed E-state index contributed by atoms with van der Waals surface area (Å²) in [5, 5.41) is 0.765. The maximum Gasteiger partial charge on any atom is 0.280 e. The molecule has 0 saturated heterocycles. The van der Waals surface area contributed by atoms with Gasteiger partial charge in [-0.05, 0) is 25.1 Å². The van der Waals surface area contributed by atoms with Crippen LogP contribution in [0.25, 0.3) is 20.8 Å². The van der Waals surface area contributed by atoms with Crippen molar-refractivity contribution in [2.24, 2.45) is 0 Å². The standard InChI is InChI=1S/C16H13N5O2S2/c1-10-18-9-15(19-10)25(22,23)21-12-4-2-3-11(7-12)16-20-13-5-6-17-8-14(13)24-16/h2-9,21H,1H3,(H,18,19). The van der Waals surface area contributed by atoms with Crippen molar-refractivity contribution in [2.75, 3.05) is 4.72 Å². The van der Waals surface area contributed by atoms with E-state index in [1.165, 1.54) is 17.5 Å². The van der Waals surface area contributed by atoms with Gasteiger partial charge in [0.05, 0.1) is 10.2 Å². The molecular formula is C16H13N5O2S2. The zero-order valence-electron chi connectivity index (χ0n) is 13.1. The Morgan fingerprint density at radius 2 is 2.08 bits per heavy atom. The summed E-state index contributed by atoms with van der Waals surface area (Å²) >= 11 is 1.51. The number of rotatable bonds is 4. The molecule has 0 aliphatic rings. The molecule has 0 radical (unpaired) electrons. The van der Waals surface area contributed by atoms with Gasteiger partial charge in [0, 0.05) is 29.8 Å². The summed E-state index contributed by atoms with van der Waals surface area (Å²) in [5.74, 6) is 0.539. The molecule has 0 amide bonds. The maximum atomic E-state index is 12.4. The van der Waals surface area contributed by atoms with E-state index < -0.39 is 10.0 Å². The van der Waals surface area contributed by atoms with Gasteiger partial charge in [0.15, 0.2) is 5.03 Å². The van der Waals surface area contributed by atoms with Gasteiger partial charge in [0.1, 0.15) is 10.8 Å². The van der Waals surface area contributed by atoms with Gasteiger partial charge in [0.2, 0.25) is 0 Å². The highest BCUT2D eigenvalue weighted by atomic mass is 32.2. The summed E-state index contributed by atoms with van der Waals surface area (Å²) < 4.78 is 28.3. The van der Waals surface area contributed by atoms with Crippen LogP contribution in [0.5, 0.6) is 0 Å². The third kappa shape index (κ3) is 3.11. The van der Waals surface area contributed by atoms with Crippen LogP contribution in [0.4, 0.5) is 5.69 Å². The van der Waals surface area contributed by atoms with Gasteiger partial charge in [-0.15, -0.1) is 11.3 Å². The lowest BCUT2D eigenvalue weighted by Crippen LogP contribution is -2.13. The Kier molecular flexibility index (Phi) is 3.74. The van der Waals surface area contributed by atoms with Crippen molar-refractivity contribution in [2.45, 2.75) is 11.9 Å². The zero-order valence-corrected chi connectivity index (χ0v) is 14.7. The Morgan fingerprint density at radius 1 is 1.20 bits per heavy atom. The Balaban J connectivity index is 1.67. The molecule has 0 unspecified atom stereocenters. The molecule has 0 aliphatic heterocycles. The average molecular weight is 371 g/mol. The summed E-state index contributed by atoms with van der Waals surface area (Å²) in [4.78, 5) is 15.4. The van der Waals surface area contributed by atoms with Crippen molar-refractivity contribution >= 4 is 37.3 Å². The number of pyridine rings is 1. The van der Waals surface area contributed by atoms with E-state index in [4.69, 9.17) is 0 Å². The zero-order chi connectivity index (χ0) is 17.4. The van der Waals surface area contributed by atoms with Crippen molar-refractivity contribution in [1.82, 2.24) is 19.9 Å². The van der Waals surface area contributed by atoms with E-state index in [-0.39, 0.29) is 5.03 Å².